The van der Waals surface area contributed by atoms with Crippen LogP contribution in [0.4, 0.5) is 0 Å². The fraction of sp³-hybridized carbons (Fsp3) is 0.500. The van der Waals surface area contributed by atoms with Crippen LogP contribution in [0.15, 0.2) is 35.2 Å². The molecule has 96 valence electrons. The van der Waals surface area contributed by atoms with Crippen LogP contribution >= 0.6 is 0 Å². The Morgan fingerprint density at radius 3 is 2.29 bits per heavy atom. The van der Waals surface area contributed by atoms with E-state index in [0.717, 1.165) is 17.3 Å². The zero-order valence-corrected chi connectivity index (χ0v) is 11.1. The van der Waals surface area contributed by atoms with E-state index in [0.29, 0.717) is 13.2 Å². The molecule has 0 heterocycles. The van der Waals surface area contributed by atoms with Crippen molar-refractivity contribution in [3.05, 3.63) is 30.3 Å². The van der Waals surface area contributed by atoms with E-state index in [1.165, 1.54) is 0 Å². The van der Waals surface area contributed by atoms with Crippen molar-refractivity contribution in [2.45, 2.75) is 31.6 Å². The molecule has 0 aliphatic rings. The van der Waals surface area contributed by atoms with Crippen molar-refractivity contribution in [3.63, 3.8) is 0 Å². The molecular weight excluding hydrogens is 238 g/mol. The molecule has 0 spiro atoms. The van der Waals surface area contributed by atoms with Crippen molar-refractivity contribution in [2.24, 2.45) is 0 Å². The molecule has 0 radical (unpaired) electrons. The molecule has 0 aliphatic heterocycles. The van der Waals surface area contributed by atoms with Crippen LogP contribution in [0.2, 0.25) is 0 Å². The molecule has 4 nitrogen and oxygen atoms in total. The predicted octanol–water partition coefficient (Wildman–Crippen LogP) is 2.43. The summed E-state index contributed by atoms with van der Waals surface area (Å²) in [5.74, 6) is 0. The number of hydrogen-bond donors (Lipinski definition) is 0. The Kier molecular flexibility index (Phi) is 5.61. The number of rotatable bonds is 7. The fourth-order valence-electron chi connectivity index (χ4n) is 1.34. The Bertz CT molecular complexity index is 417. The average molecular weight is 257 g/mol. The van der Waals surface area contributed by atoms with Gasteiger partial charge in [-0.05, 0) is 25.0 Å². The van der Waals surface area contributed by atoms with Gasteiger partial charge >= 0.3 is 0 Å². The number of hydroxylamine groups is 1. The normalized spacial score (nSPS) is 11.9. The summed E-state index contributed by atoms with van der Waals surface area (Å²) in [6.07, 6.45) is 1.50. The van der Waals surface area contributed by atoms with Crippen molar-refractivity contribution in [1.82, 2.24) is 4.47 Å². The molecule has 5 heteroatoms. The molecule has 0 aliphatic carbocycles. The second kappa shape index (κ2) is 6.74. The highest BCUT2D eigenvalue weighted by molar-refractivity contribution is 7.89. The summed E-state index contributed by atoms with van der Waals surface area (Å²) in [7, 11) is -3.52. The van der Waals surface area contributed by atoms with Gasteiger partial charge in [0.2, 0.25) is 0 Å². The highest BCUT2D eigenvalue weighted by Crippen LogP contribution is 2.15. The Hall–Kier alpha value is -0.910. The molecule has 1 aromatic carbocycles. The minimum absolute atomic E-state index is 0.268. The highest BCUT2D eigenvalue weighted by Gasteiger charge is 2.24. The molecule has 0 unspecified atom stereocenters. The van der Waals surface area contributed by atoms with Gasteiger partial charge < -0.3 is 0 Å². The van der Waals surface area contributed by atoms with Crippen LogP contribution in [-0.4, -0.2) is 26.0 Å². The molecule has 1 aromatic rings. The van der Waals surface area contributed by atoms with Crippen molar-refractivity contribution >= 4 is 10.0 Å². The van der Waals surface area contributed by atoms with Crippen molar-refractivity contribution < 1.29 is 13.3 Å². The molecular formula is C12H19NO3S. The minimum atomic E-state index is -3.52. The predicted molar refractivity (Wildman–Crippen MR) is 66.9 cm³/mol. The maximum absolute atomic E-state index is 12.2. The number of hydrogen-bond acceptors (Lipinski definition) is 3. The third-order valence-corrected chi connectivity index (χ3v) is 3.85. The van der Waals surface area contributed by atoms with Crippen LogP contribution in [0, 0.1) is 0 Å². The third-order valence-electron chi connectivity index (χ3n) is 2.15. The Morgan fingerprint density at radius 2 is 1.76 bits per heavy atom. The minimum Gasteiger partial charge on any atom is -0.284 e. The number of benzene rings is 1. The largest absolute Gasteiger partial charge is 0.284 e. The van der Waals surface area contributed by atoms with E-state index in [-0.39, 0.29) is 4.90 Å². The summed E-state index contributed by atoms with van der Waals surface area (Å²) in [6.45, 7) is 4.64. The van der Waals surface area contributed by atoms with Gasteiger partial charge in [-0.15, -0.1) is 0 Å². The van der Waals surface area contributed by atoms with Gasteiger partial charge in [-0.1, -0.05) is 36.5 Å². The van der Waals surface area contributed by atoms with Crippen LogP contribution in [0.3, 0.4) is 0 Å². The van der Waals surface area contributed by atoms with E-state index in [2.05, 4.69) is 0 Å². The zero-order valence-electron chi connectivity index (χ0n) is 10.3. The SMILES string of the molecule is CCCON(CCC)S(=O)(=O)c1ccccc1. The Morgan fingerprint density at radius 1 is 1.12 bits per heavy atom. The van der Waals surface area contributed by atoms with Gasteiger partial charge in [-0.3, -0.25) is 4.84 Å². The first-order valence-electron chi connectivity index (χ1n) is 5.83. The van der Waals surface area contributed by atoms with Crippen LogP contribution in [-0.2, 0) is 14.9 Å². The van der Waals surface area contributed by atoms with Gasteiger partial charge in [-0.2, -0.15) is 0 Å². The van der Waals surface area contributed by atoms with Crippen molar-refractivity contribution in [1.29, 1.82) is 0 Å². The Balaban J connectivity index is 2.92. The smallest absolute Gasteiger partial charge is 0.265 e. The molecule has 17 heavy (non-hydrogen) atoms. The molecule has 0 fully saturated rings. The third kappa shape index (κ3) is 3.80. The van der Waals surface area contributed by atoms with Crippen molar-refractivity contribution in [3.8, 4) is 0 Å². The summed E-state index contributed by atoms with van der Waals surface area (Å²) >= 11 is 0. The topological polar surface area (TPSA) is 46.6 Å². The lowest BCUT2D eigenvalue weighted by molar-refractivity contribution is -0.0838. The molecule has 0 aromatic heterocycles. The van der Waals surface area contributed by atoms with Gasteiger partial charge in [0.15, 0.2) is 0 Å². The van der Waals surface area contributed by atoms with E-state index >= 15 is 0 Å². The lowest BCUT2D eigenvalue weighted by Gasteiger charge is -2.20. The number of sulfonamides is 1. The molecule has 0 N–H and O–H groups in total. The first-order chi connectivity index (χ1) is 8.12. The van der Waals surface area contributed by atoms with Gasteiger partial charge in [0.25, 0.3) is 10.0 Å². The standard InChI is InChI=1S/C12H19NO3S/c1-3-10-13(16-11-4-2)17(14,15)12-8-6-5-7-9-12/h5-9H,3-4,10-11H2,1-2H3. The lowest BCUT2D eigenvalue weighted by Crippen LogP contribution is -2.32. The fourth-order valence-corrected chi connectivity index (χ4v) is 2.71. The first kappa shape index (κ1) is 14.2. The van der Waals surface area contributed by atoms with E-state index in [9.17, 15) is 8.42 Å². The highest BCUT2D eigenvalue weighted by atomic mass is 32.2. The molecule has 0 saturated carbocycles. The second-order valence-electron chi connectivity index (χ2n) is 3.68. The summed E-state index contributed by atoms with van der Waals surface area (Å²) in [5, 5.41) is 0. The van der Waals surface area contributed by atoms with Crippen LogP contribution in [0.5, 0.6) is 0 Å². The van der Waals surface area contributed by atoms with Crippen LogP contribution < -0.4 is 0 Å². The van der Waals surface area contributed by atoms with E-state index in [4.69, 9.17) is 4.84 Å². The van der Waals surface area contributed by atoms with Crippen LogP contribution in [0.25, 0.3) is 0 Å². The van der Waals surface area contributed by atoms with Crippen molar-refractivity contribution in [2.75, 3.05) is 13.2 Å². The summed E-state index contributed by atoms with van der Waals surface area (Å²) in [4.78, 5) is 5.56. The first-order valence-corrected chi connectivity index (χ1v) is 7.27. The van der Waals surface area contributed by atoms with Gasteiger partial charge in [0.05, 0.1) is 11.5 Å². The molecule has 0 atom stereocenters. The molecule has 0 bridgehead atoms. The lowest BCUT2D eigenvalue weighted by atomic mass is 10.4. The summed E-state index contributed by atoms with van der Waals surface area (Å²) in [6, 6.07) is 8.35. The average Bonchev–Trinajstić information content (AvgIpc) is 2.35. The van der Waals surface area contributed by atoms with E-state index in [1.54, 1.807) is 30.3 Å². The monoisotopic (exact) mass is 257 g/mol. The van der Waals surface area contributed by atoms with E-state index in [1.807, 2.05) is 13.8 Å². The second-order valence-corrected chi connectivity index (χ2v) is 5.51. The summed E-state index contributed by atoms with van der Waals surface area (Å²) < 4.78 is 25.5. The Labute approximate surface area is 103 Å². The molecule has 1 rings (SSSR count). The summed E-state index contributed by atoms with van der Waals surface area (Å²) in [5.41, 5.74) is 0. The van der Waals surface area contributed by atoms with Gasteiger partial charge in [0, 0.05) is 6.54 Å². The number of nitrogens with zero attached hydrogens (tertiary/aromatic N) is 1. The van der Waals surface area contributed by atoms with Gasteiger partial charge in [-0.25, -0.2) is 8.42 Å². The zero-order chi connectivity index (χ0) is 12.7. The maximum Gasteiger partial charge on any atom is 0.265 e. The van der Waals surface area contributed by atoms with Crippen LogP contribution in [0.1, 0.15) is 26.7 Å². The maximum atomic E-state index is 12.2. The van der Waals surface area contributed by atoms with E-state index < -0.39 is 10.0 Å². The van der Waals surface area contributed by atoms with Gasteiger partial charge in [0.1, 0.15) is 0 Å². The molecule has 0 amide bonds. The quantitative estimate of drug-likeness (QED) is 0.705. The molecule has 0 saturated heterocycles.